The van der Waals surface area contributed by atoms with Gasteiger partial charge in [-0.2, -0.15) is 0 Å². The second-order valence-corrected chi connectivity index (χ2v) is 4.53. The first-order chi connectivity index (χ1) is 6.77. The number of likely N-dealkylation sites (N-methyl/N-ethyl adjacent to an activating group) is 1. The fraction of sp³-hybridized carbons (Fsp3) is 1.00. The topological polar surface area (TPSA) is 21.3 Å². The fourth-order valence-electron chi connectivity index (χ4n) is 2.17. The second-order valence-electron chi connectivity index (χ2n) is 4.53. The van der Waals surface area contributed by atoms with E-state index in [1.54, 1.807) is 0 Å². The quantitative estimate of drug-likeness (QED) is 0.735. The number of hydrogen-bond acceptors (Lipinski definition) is 2. The van der Waals surface area contributed by atoms with E-state index in [9.17, 15) is 0 Å². The number of hydrogen-bond donors (Lipinski definition) is 1. The molecule has 0 heterocycles. The Morgan fingerprint density at radius 2 is 2.07 bits per heavy atom. The Balaban J connectivity index is 2.21. The van der Waals surface area contributed by atoms with Crippen molar-refractivity contribution in [2.75, 3.05) is 13.7 Å². The van der Waals surface area contributed by atoms with E-state index < -0.39 is 0 Å². The highest BCUT2D eigenvalue weighted by atomic mass is 16.5. The Morgan fingerprint density at radius 1 is 1.36 bits per heavy atom. The predicted octanol–water partition coefficient (Wildman–Crippen LogP) is 2.58. The van der Waals surface area contributed by atoms with Crippen LogP contribution >= 0.6 is 0 Å². The van der Waals surface area contributed by atoms with Gasteiger partial charge >= 0.3 is 0 Å². The summed E-state index contributed by atoms with van der Waals surface area (Å²) in [4.78, 5) is 0. The van der Waals surface area contributed by atoms with E-state index in [-0.39, 0.29) is 0 Å². The van der Waals surface area contributed by atoms with Gasteiger partial charge in [0.05, 0.1) is 12.7 Å². The first-order valence-electron chi connectivity index (χ1n) is 6.06. The zero-order valence-corrected chi connectivity index (χ0v) is 9.88. The van der Waals surface area contributed by atoms with Gasteiger partial charge < -0.3 is 10.1 Å². The number of nitrogens with one attached hydrogen (secondary N) is 1. The Morgan fingerprint density at radius 3 is 2.64 bits per heavy atom. The molecule has 1 aliphatic carbocycles. The van der Waals surface area contributed by atoms with Crippen LogP contribution in [-0.2, 0) is 4.74 Å². The molecule has 2 heteroatoms. The standard InChI is InChI=1S/C12H25NO/c1-4-11(13-3)9-14-12-8-6-5-7-10(12)2/h10-13H,4-9H2,1-3H3. The molecule has 0 amide bonds. The first-order valence-corrected chi connectivity index (χ1v) is 6.06. The highest BCUT2D eigenvalue weighted by molar-refractivity contribution is 4.73. The SMILES string of the molecule is CCC(COC1CCCCC1C)NC. The molecule has 0 saturated heterocycles. The van der Waals surface area contributed by atoms with Crippen LogP contribution in [0.2, 0.25) is 0 Å². The summed E-state index contributed by atoms with van der Waals surface area (Å²) in [6, 6.07) is 0.532. The Hall–Kier alpha value is -0.0800. The van der Waals surface area contributed by atoms with Gasteiger partial charge in [0.15, 0.2) is 0 Å². The van der Waals surface area contributed by atoms with E-state index in [0.29, 0.717) is 12.1 Å². The van der Waals surface area contributed by atoms with Crippen LogP contribution in [0.5, 0.6) is 0 Å². The Kier molecular flexibility index (Phi) is 5.49. The molecule has 1 aliphatic rings. The first kappa shape index (κ1) is 12.0. The van der Waals surface area contributed by atoms with Gasteiger partial charge in [0.25, 0.3) is 0 Å². The summed E-state index contributed by atoms with van der Waals surface area (Å²) < 4.78 is 5.98. The van der Waals surface area contributed by atoms with Crippen LogP contribution < -0.4 is 5.32 Å². The lowest BCUT2D eigenvalue weighted by molar-refractivity contribution is -0.0145. The molecule has 3 unspecified atom stereocenters. The lowest BCUT2D eigenvalue weighted by atomic mass is 9.88. The van der Waals surface area contributed by atoms with Crippen LogP contribution in [-0.4, -0.2) is 25.8 Å². The van der Waals surface area contributed by atoms with Gasteiger partial charge in [0.2, 0.25) is 0 Å². The highest BCUT2D eigenvalue weighted by Crippen LogP contribution is 2.26. The maximum Gasteiger partial charge on any atom is 0.0623 e. The van der Waals surface area contributed by atoms with Crippen molar-refractivity contribution in [2.45, 2.75) is 58.1 Å². The third-order valence-electron chi connectivity index (χ3n) is 3.45. The summed E-state index contributed by atoms with van der Waals surface area (Å²) in [5.74, 6) is 0.762. The lowest BCUT2D eigenvalue weighted by Crippen LogP contribution is -2.34. The van der Waals surface area contributed by atoms with E-state index in [1.807, 2.05) is 7.05 Å². The Labute approximate surface area is 88.4 Å². The Bertz CT molecular complexity index is 145. The van der Waals surface area contributed by atoms with Gasteiger partial charge in [0.1, 0.15) is 0 Å². The molecule has 1 saturated carbocycles. The zero-order chi connectivity index (χ0) is 10.4. The van der Waals surface area contributed by atoms with Crippen LogP contribution in [0.3, 0.4) is 0 Å². The minimum atomic E-state index is 0.520. The molecule has 0 bridgehead atoms. The largest absolute Gasteiger partial charge is 0.376 e. The van der Waals surface area contributed by atoms with Gasteiger partial charge in [-0.05, 0) is 32.2 Å². The van der Waals surface area contributed by atoms with Crippen LogP contribution in [0.1, 0.15) is 46.0 Å². The van der Waals surface area contributed by atoms with Crippen molar-refractivity contribution in [2.24, 2.45) is 5.92 Å². The maximum atomic E-state index is 5.98. The third kappa shape index (κ3) is 3.58. The normalized spacial score (nSPS) is 30.2. The highest BCUT2D eigenvalue weighted by Gasteiger charge is 2.22. The minimum Gasteiger partial charge on any atom is -0.376 e. The minimum absolute atomic E-state index is 0.520. The smallest absolute Gasteiger partial charge is 0.0623 e. The molecule has 2 nitrogen and oxygen atoms in total. The summed E-state index contributed by atoms with van der Waals surface area (Å²) in [7, 11) is 2.02. The molecule has 1 fully saturated rings. The van der Waals surface area contributed by atoms with Crippen LogP contribution in [0, 0.1) is 5.92 Å². The molecule has 0 aromatic carbocycles. The van der Waals surface area contributed by atoms with Gasteiger partial charge in [-0.3, -0.25) is 0 Å². The van der Waals surface area contributed by atoms with E-state index in [2.05, 4.69) is 19.2 Å². The van der Waals surface area contributed by atoms with Crippen molar-refractivity contribution in [1.82, 2.24) is 5.32 Å². The van der Waals surface area contributed by atoms with Crippen molar-refractivity contribution in [3.63, 3.8) is 0 Å². The van der Waals surface area contributed by atoms with Gasteiger partial charge in [0, 0.05) is 6.04 Å². The van der Waals surface area contributed by atoms with Crippen molar-refractivity contribution < 1.29 is 4.74 Å². The van der Waals surface area contributed by atoms with Gasteiger partial charge in [-0.15, -0.1) is 0 Å². The summed E-state index contributed by atoms with van der Waals surface area (Å²) in [6.45, 7) is 5.40. The van der Waals surface area contributed by atoms with Gasteiger partial charge in [-0.1, -0.05) is 26.7 Å². The molecular formula is C12H25NO. The van der Waals surface area contributed by atoms with E-state index in [0.717, 1.165) is 18.9 Å². The molecule has 0 aromatic rings. The average molecular weight is 199 g/mol. The van der Waals surface area contributed by atoms with E-state index in [1.165, 1.54) is 25.7 Å². The second kappa shape index (κ2) is 6.41. The van der Waals surface area contributed by atoms with Crippen LogP contribution in [0.25, 0.3) is 0 Å². The summed E-state index contributed by atoms with van der Waals surface area (Å²) in [6.07, 6.45) is 7.03. The van der Waals surface area contributed by atoms with Crippen molar-refractivity contribution in [3.05, 3.63) is 0 Å². The van der Waals surface area contributed by atoms with E-state index in [4.69, 9.17) is 4.74 Å². The molecule has 1 rings (SSSR count). The summed E-state index contributed by atoms with van der Waals surface area (Å²) in [5, 5.41) is 3.28. The molecule has 0 aliphatic heterocycles. The number of ether oxygens (including phenoxy) is 1. The molecule has 0 spiro atoms. The molecular weight excluding hydrogens is 174 g/mol. The fourth-order valence-corrected chi connectivity index (χ4v) is 2.17. The number of rotatable bonds is 5. The molecule has 1 N–H and O–H groups in total. The molecule has 0 aromatic heterocycles. The molecule has 84 valence electrons. The summed E-state index contributed by atoms with van der Waals surface area (Å²) in [5.41, 5.74) is 0. The maximum absolute atomic E-state index is 5.98. The van der Waals surface area contributed by atoms with Crippen LogP contribution in [0.4, 0.5) is 0 Å². The zero-order valence-electron chi connectivity index (χ0n) is 9.88. The van der Waals surface area contributed by atoms with Gasteiger partial charge in [-0.25, -0.2) is 0 Å². The lowest BCUT2D eigenvalue weighted by Gasteiger charge is -2.30. The monoisotopic (exact) mass is 199 g/mol. The van der Waals surface area contributed by atoms with Crippen LogP contribution in [0.15, 0.2) is 0 Å². The molecule has 14 heavy (non-hydrogen) atoms. The summed E-state index contributed by atoms with van der Waals surface area (Å²) >= 11 is 0. The van der Waals surface area contributed by atoms with Crippen molar-refractivity contribution >= 4 is 0 Å². The average Bonchev–Trinajstić information content (AvgIpc) is 2.22. The van der Waals surface area contributed by atoms with Crippen molar-refractivity contribution in [3.8, 4) is 0 Å². The third-order valence-corrected chi connectivity index (χ3v) is 3.45. The molecule has 0 radical (unpaired) electrons. The van der Waals surface area contributed by atoms with E-state index >= 15 is 0 Å². The van der Waals surface area contributed by atoms with Crippen molar-refractivity contribution in [1.29, 1.82) is 0 Å². The molecule has 3 atom stereocenters. The predicted molar refractivity (Wildman–Crippen MR) is 60.5 cm³/mol.